The van der Waals surface area contributed by atoms with Crippen molar-refractivity contribution in [1.29, 1.82) is 0 Å². The van der Waals surface area contributed by atoms with Gasteiger partial charge in [0, 0.05) is 0 Å². The molecule has 0 aromatic heterocycles. The molecule has 1 aliphatic heterocycles. The van der Waals surface area contributed by atoms with E-state index in [0.29, 0.717) is 6.54 Å². The van der Waals surface area contributed by atoms with Gasteiger partial charge in [0.05, 0.1) is 12.3 Å². The smallest absolute Gasteiger partial charge is 0.324 e. The third-order valence-electron chi connectivity index (χ3n) is 2.25. The van der Waals surface area contributed by atoms with E-state index < -0.39 is 26.6 Å². The summed E-state index contributed by atoms with van der Waals surface area (Å²) in [6.07, 6.45) is 0.226. The molecule has 7 nitrogen and oxygen atoms in total. The van der Waals surface area contributed by atoms with Crippen molar-refractivity contribution >= 4 is 15.2 Å². The highest BCUT2D eigenvalue weighted by molar-refractivity contribution is 7.57. The van der Waals surface area contributed by atoms with Crippen molar-refractivity contribution in [2.45, 2.75) is 24.8 Å². The molecule has 1 fully saturated rings. The SMILES string of the molecule is CCOP(=O)(O)C1CCNC1P(=O)(O)O. The molecule has 0 spiro atoms. The maximum atomic E-state index is 11.6. The Balaban J connectivity index is 2.86. The van der Waals surface area contributed by atoms with Crippen molar-refractivity contribution < 1.29 is 28.3 Å². The quantitative estimate of drug-likeness (QED) is 0.528. The fourth-order valence-electron chi connectivity index (χ4n) is 1.64. The minimum atomic E-state index is -4.41. The van der Waals surface area contributed by atoms with Crippen LogP contribution in [0.15, 0.2) is 0 Å². The zero-order chi connectivity index (χ0) is 11.7. The lowest BCUT2D eigenvalue weighted by molar-refractivity contribution is 0.260. The molecule has 15 heavy (non-hydrogen) atoms. The molecule has 0 radical (unpaired) electrons. The van der Waals surface area contributed by atoms with Crippen LogP contribution in [0.25, 0.3) is 0 Å². The van der Waals surface area contributed by atoms with Crippen molar-refractivity contribution in [3.63, 3.8) is 0 Å². The molecule has 3 atom stereocenters. The zero-order valence-corrected chi connectivity index (χ0v) is 10.0. The fraction of sp³-hybridized carbons (Fsp3) is 1.00. The van der Waals surface area contributed by atoms with Gasteiger partial charge in [-0.3, -0.25) is 9.13 Å². The van der Waals surface area contributed by atoms with Gasteiger partial charge < -0.3 is 24.5 Å². The van der Waals surface area contributed by atoms with Gasteiger partial charge in [-0.1, -0.05) is 0 Å². The van der Waals surface area contributed by atoms with E-state index in [-0.39, 0.29) is 13.0 Å². The molecule has 1 heterocycles. The predicted molar refractivity (Wildman–Crippen MR) is 53.7 cm³/mol. The third kappa shape index (κ3) is 3.11. The van der Waals surface area contributed by atoms with Crippen LogP contribution in [0.4, 0.5) is 0 Å². The second-order valence-corrected chi connectivity index (χ2v) is 7.11. The average Bonchev–Trinajstić information content (AvgIpc) is 2.49. The first-order chi connectivity index (χ1) is 6.79. The van der Waals surface area contributed by atoms with Crippen molar-refractivity contribution in [1.82, 2.24) is 5.32 Å². The Morgan fingerprint density at radius 3 is 2.47 bits per heavy atom. The first-order valence-corrected chi connectivity index (χ1v) is 7.87. The molecule has 0 saturated carbocycles. The summed E-state index contributed by atoms with van der Waals surface area (Å²) in [5.74, 6) is -1.28. The highest BCUT2D eigenvalue weighted by Gasteiger charge is 2.49. The molecular formula is C6H15NO6P2. The number of rotatable bonds is 4. The Kier molecular flexibility index (Phi) is 4.12. The Hall–Kier alpha value is 0.260. The summed E-state index contributed by atoms with van der Waals surface area (Å²) in [4.78, 5) is 27.5. The second kappa shape index (κ2) is 4.63. The largest absolute Gasteiger partial charge is 0.343 e. The minimum Gasteiger partial charge on any atom is -0.324 e. The Bertz CT molecular complexity index is 315. The highest BCUT2D eigenvalue weighted by Crippen LogP contribution is 2.58. The summed E-state index contributed by atoms with van der Waals surface area (Å²) in [7, 11) is -8.36. The van der Waals surface area contributed by atoms with E-state index in [1.807, 2.05) is 0 Å². The summed E-state index contributed by atoms with van der Waals surface area (Å²) >= 11 is 0. The normalized spacial score (nSPS) is 31.5. The molecule has 3 unspecified atom stereocenters. The van der Waals surface area contributed by atoms with Crippen molar-refractivity contribution in [3.05, 3.63) is 0 Å². The van der Waals surface area contributed by atoms with Crippen molar-refractivity contribution in [2.24, 2.45) is 0 Å². The maximum absolute atomic E-state index is 11.6. The average molecular weight is 259 g/mol. The van der Waals surface area contributed by atoms with Gasteiger partial charge in [0.25, 0.3) is 0 Å². The molecule has 0 aromatic rings. The van der Waals surface area contributed by atoms with Crippen molar-refractivity contribution in [2.75, 3.05) is 13.2 Å². The third-order valence-corrected chi connectivity index (χ3v) is 5.78. The molecular weight excluding hydrogens is 244 g/mol. The first kappa shape index (κ1) is 13.3. The van der Waals surface area contributed by atoms with E-state index in [0.717, 1.165) is 0 Å². The van der Waals surface area contributed by atoms with Gasteiger partial charge in [0.15, 0.2) is 0 Å². The zero-order valence-electron chi connectivity index (χ0n) is 8.24. The molecule has 1 aliphatic rings. The van der Waals surface area contributed by atoms with Crippen LogP contribution in [0.2, 0.25) is 0 Å². The molecule has 0 bridgehead atoms. The Morgan fingerprint density at radius 1 is 1.40 bits per heavy atom. The van der Waals surface area contributed by atoms with Gasteiger partial charge in [-0.15, -0.1) is 0 Å². The first-order valence-electron chi connectivity index (χ1n) is 4.54. The van der Waals surface area contributed by atoms with Gasteiger partial charge in [-0.05, 0) is 19.9 Å². The van der Waals surface area contributed by atoms with Gasteiger partial charge in [0.2, 0.25) is 0 Å². The topological polar surface area (TPSA) is 116 Å². The molecule has 1 saturated heterocycles. The van der Waals surface area contributed by atoms with Crippen LogP contribution in [0, 0.1) is 0 Å². The number of nitrogens with one attached hydrogen (secondary N) is 1. The lowest BCUT2D eigenvalue weighted by Crippen LogP contribution is -2.30. The van der Waals surface area contributed by atoms with Crippen LogP contribution in [0.3, 0.4) is 0 Å². The van der Waals surface area contributed by atoms with Crippen LogP contribution in [-0.2, 0) is 13.7 Å². The van der Waals surface area contributed by atoms with Gasteiger partial charge >= 0.3 is 15.2 Å². The van der Waals surface area contributed by atoms with Crippen LogP contribution in [0.5, 0.6) is 0 Å². The van der Waals surface area contributed by atoms with E-state index in [1.165, 1.54) is 0 Å². The van der Waals surface area contributed by atoms with Crippen LogP contribution in [-0.4, -0.2) is 39.3 Å². The van der Waals surface area contributed by atoms with E-state index in [2.05, 4.69) is 9.84 Å². The standard InChI is InChI=1S/C6H15NO6P2/c1-2-13-15(11,12)5-3-4-7-6(5)14(8,9)10/h5-7H,2-4H2,1H3,(H,11,12)(H2,8,9,10). The molecule has 9 heteroatoms. The van der Waals surface area contributed by atoms with E-state index in [4.69, 9.17) is 9.79 Å². The monoisotopic (exact) mass is 259 g/mol. The lowest BCUT2D eigenvalue weighted by atomic mass is 10.4. The summed E-state index contributed by atoms with van der Waals surface area (Å²) in [6.45, 7) is 1.90. The maximum Gasteiger partial charge on any atom is 0.343 e. The molecule has 1 rings (SSSR count). The van der Waals surface area contributed by atoms with Gasteiger partial charge in [-0.2, -0.15) is 0 Å². The second-order valence-electron chi connectivity index (χ2n) is 3.33. The van der Waals surface area contributed by atoms with E-state index in [9.17, 15) is 14.0 Å². The molecule has 0 amide bonds. The van der Waals surface area contributed by atoms with Gasteiger partial charge in [-0.25, -0.2) is 0 Å². The van der Waals surface area contributed by atoms with Crippen molar-refractivity contribution in [3.8, 4) is 0 Å². The summed E-state index contributed by atoms with van der Waals surface area (Å²) in [5, 5.41) is 2.54. The van der Waals surface area contributed by atoms with Gasteiger partial charge in [0.1, 0.15) is 5.78 Å². The minimum absolute atomic E-state index is 0.0398. The molecule has 0 aliphatic carbocycles. The van der Waals surface area contributed by atoms with E-state index >= 15 is 0 Å². The lowest BCUT2D eigenvalue weighted by Gasteiger charge is -2.24. The Morgan fingerprint density at radius 2 is 2.00 bits per heavy atom. The predicted octanol–water partition coefficient (Wildman–Crippen LogP) is 0.0740. The summed E-state index contributed by atoms with van der Waals surface area (Å²) in [5.41, 5.74) is -1.03. The highest BCUT2D eigenvalue weighted by atomic mass is 31.2. The fourth-order valence-corrected chi connectivity index (χ4v) is 5.11. The van der Waals surface area contributed by atoms with Crippen LogP contribution in [0.1, 0.15) is 13.3 Å². The van der Waals surface area contributed by atoms with Crippen LogP contribution >= 0.6 is 15.2 Å². The molecule has 0 aromatic carbocycles. The number of hydrogen-bond donors (Lipinski definition) is 4. The molecule has 90 valence electrons. The van der Waals surface area contributed by atoms with Crippen LogP contribution < -0.4 is 5.32 Å². The van der Waals surface area contributed by atoms with E-state index in [1.54, 1.807) is 6.92 Å². The summed E-state index contributed by atoms with van der Waals surface area (Å²) in [6, 6.07) is 0. The number of hydrogen-bond acceptors (Lipinski definition) is 4. The Labute approximate surface area is 87.5 Å². The summed E-state index contributed by atoms with van der Waals surface area (Å²) < 4.78 is 27.3. The molecule has 4 N–H and O–H groups in total.